The summed E-state index contributed by atoms with van der Waals surface area (Å²) >= 11 is 0. The molecule has 0 aromatic heterocycles. The summed E-state index contributed by atoms with van der Waals surface area (Å²) in [5.41, 5.74) is 7.31. The third kappa shape index (κ3) is 16.7. The third-order valence-electron chi connectivity index (χ3n) is 15.8. The Labute approximate surface area is 444 Å². The molecule has 1 saturated carbocycles. The second-order valence-electron chi connectivity index (χ2n) is 21.6. The van der Waals surface area contributed by atoms with Gasteiger partial charge in [0.05, 0.1) is 24.0 Å². The molecule has 15 atom stereocenters. The number of allylic oxidation sites excluding steroid dienone is 6. The third-order valence-corrected chi connectivity index (χ3v) is 15.8. The zero-order valence-electron chi connectivity index (χ0n) is 45.9. The normalized spacial score (nSPS) is 36.3. The topological polar surface area (TPSA) is 226 Å². The second kappa shape index (κ2) is 28.9. The minimum atomic E-state index is -2.46. The zero-order valence-corrected chi connectivity index (χ0v) is 45.9. The molecule has 4 N–H and O–H groups in total. The van der Waals surface area contributed by atoms with Crippen LogP contribution in [-0.2, 0) is 52.4 Å². The van der Waals surface area contributed by atoms with Crippen LogP contribution in [0.1, 0.15) is 126 Å². The summed E-state index contributed by atoms with van der Waals surface area (Å²) in [5.74, 6) is -8.38. The second-order valence-corrected chi connectivity index (χ2v) is 21.6. The maximum Gasteiger partial charge on any atom is 0.426 e. The number of para-hydroxylation sites is 1. The van der Waals surface area contributed by atoms with E-state index in [1.807, 2.05) is 76.3 Å². The molecule has 2 saturated heterocycles. The number of rotatable bonds is 9. The van der Waals surface area contributed by atoms with Gasteiger partial charge in [0.25, 0.3) is 11.7 Å². The molecule has 1 aliphatic carbocycles. The van der Waals surface area contributed by atoms with E-state index in [-0.39, 0.29) is 42.8 Å². The number of fused-ring (bicyclic) bond motifs is 3. The van der Waals surface area contributed by atoms with Gasteiger partial charge in [-0.3, -0.25) is 24.6 Å². The maximum absolute atomic E-state index is 14.6. The molecule has 75 heavy (non-hydrogen) atoms. The summed E-state index contributed by atoms with van der Waals surface area (Å²) in [5, 5.41) is 23.6. The number of nitrogens with one attached hydrogen (secondary N) is 2. The van der Waals surface area contributed by atoms with Gasteiger partial charge in [-0.15, -0.1) is 0 Å². The van der Waals surface area contributed by atoms with Crippen LogP contribution in [0.3, 0.4) is 0 Å². The number of piperidine rings is 1. The molecule has 1 aromatic carbocycles. The number of aliphatic hydroxyl groups is 2. The molecule has 0 radical (unpaired) electrons. The van der Waals surface area contributed by atoms with Gasteiger partial charge in [0, 0.05) is 58.5 Å². The monoisotopic (exact) mass is 1050 g/mol. The van der Waals surface area contributed by atoms with Crippen LogP contribution < -0.4 is 10.9 Å². The Morgan fingerprint density at radius 2 is 1.59 bits per heavy atom. The van der Waals surface area contributed by atoms with E-state index in [0.29, 0.717) is 75.5 Å². The van der Waals surface area contributed by atoms with Crippen LogP contribution >= 0.6 is 0 Å². The van der Waals surface area contributed by atoms with Crippen LogP contribution in [0.15, 0.2) is 77.9 Å². The van der Waals surface area contributed by atoms with Crippen LogP contribution in [0.4, 0.5) is 10.5 Å². The number of esters is 1. The smallest absolute Gasteiger partial charge is 0.426 e. The summed E-state index contributed by atoms with van der Waals surface area (Å²) < 4.78 is 35.6. The SMILES string of the molecule is CO[C@H]1C[C@@H]2CC[C@@H](C)[C@@](O)(O2)C(=O)C(=O)N2CCCC[C@H]2C(=O)O[C@H]([C@H](C)C[C@@H]2CC[C@@H](OC(=O)NNc3ccccc3)[C@H](OC)C2)CC(=O)[C@H](C)/C=C(\C)[C@@H](O)[C@@H](OC)C(=O)[C@H](C)C[C@H](C)/C=C/C=C/C=C/1C. The first-order valence-electron chi connectivity index (χ1n) is 27.0. The summed E-state index contributed by atoms with van der Waals surface area (Å²) in [4.78, 5) is 85.4. The largest absolute Gasteiger partial charge is 0.460 e. The van der Waals surface area contributed by atoms with E-state index in [2.05, 4.69) is 10.9 Å². The van der Waals surface area contributed by atoms with Gasteiger partial charge >= 0.3 is 12.1 Å². The Morgan fingerprint density at radius 3 is 2.28 bits per heavy atom. The summed E-state index contributed by atoms with van der Waals surface area (Å²) in [6.07, 6.45) is 9.81. The highest BCUT2D eigenvalue weighted by Crippen LogP contribution is 2.38. The highest BCUT2D eigenvalue weighted by molar-refractivity contribution is 6.39. The minimum Gasteiger partial charge on any atom is -0.460 e. The number of aliphatic hydroxyl groups excluding tert-OH is 1. The van der Waals surface area contributed by atoms with E-state index >= 15 is 0 Å². The fourth-order valence-electron chi connectivity index (χ4n) is 11.0. The number of benzene rings is 1. The van der Waals surface area contributed by atoms with Crippen molar-refractivity contribution in [2.45, 2.75) is 180 Å². The number of ketones is 3. The number of methoxy groups -OCH3 is 3. The zero-order chi connectivity index (χ0) is 55.0. The average molecular weight is 1050 g/mol. The number of ether oxygens (including phenoxy) is 6. The summed E-state index contributed by atoms with van der Waals surface area (Å²) in [6, 6.07) is 7.94. The lowest BCUT2D eigenvalue weighted by atomic mass is 9.78. The molecule has 416 valence electrons. The molecule has 3 aliphatic heterocycles. The number of hydrogen-bond donors (Lipinski definition) is 4. The highest BCUT2D eigenvalue weighted by Gasteiger charge is 2.53. The fourth-order valence-corrected chi connectivity index (χ4v) is 11.0. The Bertz CT molecular complexity index is 2210. The van der Waals surface area contributed by atoms with E-state index in [0.717, 1.165) is 5.57 Å². The van der Waals surface area contributed by atoms with Gasteiger partial charge in [0.15, 0.2) is 5.78 Å². The summed E-state index contributed by atoms with van der Waals surface area (Å²) in [6.45, 7) is 12.7. The van der Waals surface area contributed by atoms with Gasteiger partial charge in [-0.05, 0) is 119 Å². The standard InChI is InChI=1S/C58H85N3O14/c1-35-19-13-11-14-20-36(2)48(70-8)33-44-26-24-41(7)58(69,75-44)54(65)55(66)61-28-18-17-23-45(61)56(67)73-49(34-46(62)37(3)30-40(6)52(64)53(72-10)51(63)39(5)29-35)38(4)31-42-25-27-47(50(32-42)71-9)74-57(68)60-59-43-21-15-12-16-22-43/h11-16,19-22,30,35,37-39,41-42,44-45,47-50,52-53,59,64,69H,17-18,23-29,31-34H2,1-10H3,(H,60,68)/b14-11+,19-13+,36-20+,40-30+/t35-,37-,38-,39-,41-,42+,44+,45+,47-,48+,49+,50-,52-,53+,58-/m1/s1. The molecule has 5 rings (SSSR count). The van der Waals surface area contributed by atoms with Gasteiger partial charge in [-0.25, -0.2) is 15.0 Å². The van der Waals surface area contributed by atoms with Crippen molar-refractivity contribution in [3.05, 3.63) is 77.9 Å². The Hall–Kier alpha value is -5.04. The van der Waals surface area contributed by atoms with Crippen molar-refractivity contribution in [3.8, 4) is 0 Å². The van der Waals surface area contributed by atoms with E-state index in [9.17, 15) is 39.0 Å². The number of carbonyl (C=O) groups excluding carboxylic acids is 6. The van der Waals surface area contributed by atoms with Crippen molar-refractivity contribution in [3.63, 3.8) is 0 Å². The van der Waals surface area contributed by atoms with E-state index < -0.39 is 102 Å². The Morgan fingerprint density at radius 1 is 0.853 bits per heavy atom. The predicted octanol–water partition coefficient (Wildman–Crippen LogP) is 7.94. The molecular weight excluding hydrogens is 963 g/mol. The first-order valence-corrected chi connectivity index (χ1v) is 27.0. The van der Waals surface area contributed by atoms with Crippen LogP contribution in [0.5, 0.6) is 0 Å². The molecule has 0 unspecified atom stereocenters. The van der Waals surface area contributed by atoms with Gasteiger partial charge < -0.3 is 43.5 Å². The van der Waals surface area contributed by atoms with E-state index in [1.54, 1.807) is 53.2 Å². The minimum absolute atomic E-state index is 0.00143. The van der Waals surface area contributed by atoms with Crippen molar-refractivity contribution >= 4 is 41.0 Å². The predicted molar refractivity (Wildman–Crippen MR) is 283 cm³/mol. The number of Topliss-reactive ketones (excluding diaryl/α,β-unsaturated/α-hetero) is 3. The first kappa shape index (κ1) is 60.8. The van der Waals surface area contributed by atoms with E-state index in [4.69, 9.17) is 28.4 Å². The molecule has 2 amide bonds. The van der Waals surface area contributed by atoms with Gasteiger partial charge in [0.1, 0.15) is 36.2 Å². The highest BCUT2D eigenvalue weighted by atomic mass is 16.6. The lowest BCUT2D eigenvalue weighted by molar-refractivity contribution is -0.265. The van der Waals surface area contributed by atoms with Crippen molar-refractivity contribution in [2.24, 2.45) is 35.5 Å². The number of anilines is 1. The molecule has 2 bridgehead atoms. The van der Waals surface area contributed by atoms with Gasteiger partial charge in [0.2, 0.25) is 5.79 Å². The number of hydrazine groups is 1. The number of carbonyl (C=O) groups is 6. The molecular formula is C58H85N3O14. The van der Waals surface area contributed by atoms with Crippen molar-refractivity contribution in [1.29, 1.82) is 0 Å². The number of amides is 2. The maximum atomic E-state index is 14.6. The summed E-state index contributed by atoms with van der Waals surface area (Å²) in [7, 11) is 4.50. The Kier molecular flexibility index (Phi) is 23.4. The van der Waals surface area contributed by atoms with E-state index in [1.165, 1.54) is 12.0 Å². The number of cyclic esters (lactones) is 1. The van der Waals surface area contributed by atoms with Gasteiger partial charge in [-0.1, -0.05) is 89.3 Å². The molecule has 1 aromatic rings. The lowest BCUT2D eigenvalue weighted by Gasteiger charge is -2.42. The Balaban J connectivity index is 1.42. The van der Waals surface area contributed by atoms with Crippen molar-refractivity contribution < 1.29 is 67.4 Å². The van der Waals surface area contributed by atoms with Crippen molar-refractivity contribution in [2.75, 3.05) is 33.3 Å². The van der Waals surface area contributed by atoms with Crippen molar-refractivity contribution in [1.82, 2.24) is 10.3 Å². The molecule has 17 heteroatoms. The van der Waals surface area contributed by atoms with Crippen LogP contribution in [0.25, 0.3) is 0 Å². The first-order chi connectivity index (χ1) is 35.7. The fraction of sp³-hybridized carbons (Fsp3) is 0.655. The molecule has 0 spiro atoms. The number of hydrogen-bond acceptors (Lipinski definition) is 15. The van der Waals surface area contributed by atoms with Gasteiger partial charge in [-0.2, -0.15) is 0 Å². The quantitative estimate of drug-likeness (QED) is 0.0797. The molecule has 4 aliphatic rings. The number of nitrogens with zero attached hydrogens (tertiary/aromatic N) is 1. The average Bonchev–Trinajstić information content (AvgIpc) is 3.40. The molecule has 3 heterocycles. The van der Waals surface area contributed by atoms with Crippen LogP contribution in [-0.4, -0.2) is 133 Å². The molecule has 17 nitrogen and oxygen atoms in total. The molecule has 3 fully saturated rings. The van der Waals surface area contributed by atoms with Crippen LogP contribution in [0, 0.1) is 35.5 Å². The lowest BCUT2D eigenvalue weighted by Crippen LogP contribution is -2.61. The van der Waals surface area contributed by atoms with Crippen LogP contribution in [0.2, 0.25) is 0 Å².